The van der Waals surface area contributed by atoms with Crippen molar-refractivity contribution in [1.82, 2.24) is 4.90 Å². The lowest BCUT2D eigenvalue weighted by Crippen LogP contribution is -2.32. The Kier molecular flexibility index (Phi) is 4.77. The van der Waals surface area contributed by atoms with Gasteiger partial charge in [-0.1, -0.05) is 13.3 Å². The van der Waals surface area contributed by atoms with E-state index in [1.165, 1.54) is 24.1 Å². The number of hydrogen-bond donors (Lipinski definition) is 1. The number of carbonyl (C=O) groups excluding carboxylic acids is 1. The molecule has 1 aromatic rings. The first-order valence-corrected chi connectivity index (χ1v) is 7.06. The minimum absolute atomic E-state index is 0.111. The van der Waals surface area contributed by atoms with Crippen molar-refractivity contribution in [1.29, 1.82) is 0 Å². The quantitative estimate of drug-likeness (QED) is 0.927. The van der Waals surface area contributed by atoms with Gasteiger partial charge in [-0.25, -0.2) is 4.39 Å². The fourth-order valence-corrected chi connectivity index (χ4v) is 2.76. The second kappa shape index (κ2) is 6.39. The number of hydrogen-bond acceptors (Lipinski definition) is 3. The number of amides is 1. The van der Waals surface area contributed by atoms with Gasteiger partial charge < -0.3 is 15.4 Å². The molecule has 1 fully saturated rings. The molecule has 4 nitrogen and oxygen atoms in total. The number of ether oxygens (including phenoxy) is 1. The molecule has 1 aliphatic heterocycles. The van der Waals surface area contributed by atoms with Crippen molar-refractivity contribution in [2.45, 2.75) is 25.8 Å². The molecule has 0 aliphatic carbocycles. The Bertz CT molecular complexity index is 537. The molecule has 1 aliphatic rings. The Hall–Kier alpha value is -1.69. The summed E-state index contributed by atoms with van der Waals surface area (Å²) < 4.78 is 32.3. The molecule has 0 spiro atoms. The van der Waals surface area contributed by atoms with Gasteiger partial charge in [0.2, 0.25) is 5.82 Å². The summed E-state index contributed by atoms with van der Waals surface area (Å²) in [5.41, 5.74) is 5.72. The van der Waals surface area contributed by atoms with Crippen LogP contribution in [0.15, 0.2) is 12.1 Å². The monoisotopic (exact) mass is 298 g/mol. The predicted molar refractivity (Wildman–Crippen MR) is 75.2 cm³/mol. The highest BCUT2D eigenvalue weighted by atomic mass is 19.2. The molecule has 21 heavy (non-hydrogen) atoms. The van der Waals surface area contributed by atoms with Crippen LogP contribution in [-0.2, 0) is 0 Å². The van der Waals surface area contributed by atoms with E-state index in [-0.39, 0.29) is 23.3 Å². The zero-order valence-electron chi connectivity index (χ0n) is 12.2. The number of methoxy groups -OCH3 is 1. The normalized spacial score (nSPS) is 21.7. The van der Waals surface area contributed by atoms with Crippen LogP contribution in [0.3, 0.4) is 0 Å². The summed E-state index contributed by atoms with van der Waals surface area (Å²) in [4.78, 5) is 13.8. The van der Waals surface area contributed by atoms with Crippen molar-refractivity contribution >= 4 is 5.91 Å². The first kappa shape index (κ1) is 15.7. The topological polar surface area (TPSA) is 55.6 Å². The molecule has 0 saturated carbocycles. The number of rotatable bonds is 4. The van der Waals surface area contributed by atoms with Crippen LogP contribution in [0, 0.1) is 17.6 Å². The number of nitrogens with two attached hydrogens (primary N) is 1. The number of nitrogens with zero attached hydrogens (tertiary/aromatic N) is 1. The maximum absolute atomic E-state index is 14.0. The maximum Gasteiger partial charge on any atom is 0.257 e. The smallest absolute Gasteiger partial charge is 0.257 e. The lowest BCUT2D eigenvalue weighted by molar-refractivity contribution is 0.0779. The lowest BCUT2D eigenvalue weighted by Gasteiger charge is -2.17. The molecule has 1 amide bonds. The summed E-state index contributed by atoms with van der Waals surface area (Å²) in [5.74, 6) is -2.84. The molecule has 116 valence electrons. The zero-order chi connectivity index (χ0) is 15.6. The summed E-state index contributed by atoms with van der Waals surface area (Å²) in [6.07, 6.45) is 1.90. The van der Waals surface area contributed by atoms with E-state index < -0.39 is 17.5 Å². The summed E-state index contributed by atoms with van der Waals surface area (Å²) in [6.45, 7) is 2.91. The SMILES string of the molecule is CCC[C@@H]1CN(C(=O)c2ccc(OC)c(F)c2F)C[C@H]1N. The van der Waals surface area contributed by atoms with Crippen molar-refractivity contribution in [2.24, 2.45) is 11.7 Å². The average Bonchev–Trinajstić information content (AvgIpc) is 2.83. The summed E-state index contributed by atoms with van der Waals surface area (Å²) >= 11 is 0. The van der Waals surface area contributed by atoms with Gasteiger partial charge in [-0.05, 0) is 24.5 Å². The molecular weight excluding hydrogens is 278 g/mol. The molecule has 2 N–H and O–H groups in total. The average molecular weight is 298 g/mol. The molecule has 0 bridgehead atoms. The van der Waals surface area contributed by atoms with E-state index in [0.717, 1.165) is 12.8 Å². The zero-order valence-corrected chi connectivity index (χ0v) is 12.2. The summed E-state index contributed by atoms with van der Waals surface area (Å²) in [6, 6.07) is 2.39. The molecule has 0 radical (unpaired) electrons. The molecule has 1 heterocycles. The number of benzene rings is 1. The highest BCUT2D eigenvalue weighted by Gasteiger charge is 2.34. The van der Waals surface area contributed by atoms with E-state index in [4.69, 9.17) is 10.5 Å². The molecule has 0 aromatic heterocycles. The Morgan fingerprint density at radius 3 is 2.71 bits per heavy atom. The predicted octanol–water partition coefficient (Wildman–Crippen LogP) is 2.17. The van der Waals surface area contributed by atoms with Gasteiger partial charge in [0.1, 0.15) is 0 Å². The van der Waals surface area contributed by atoms with E-state index >= 15 is 0 Å². The second-order valence-corrected chi connectivity index (χ2v) is 5.37. The summed E-state index contributed by atoms with van der Waals surface area (Å²) in [7, 11) is 1.24. The van der Waals surface area contributed by atoms with Gasteiger partial charge in [-0.3, -0.25) is 4.79 Å². The summed E-state index contributed by atoms with van der Waals surface area (Å²) in [5, 5.41) is 0. The van der Waals surface area contributed by atoms with Crippen molar-refractivity contribution in [3.05, 3.63) is 29.3 Å². The molecular formula is C15H20F2N2O2. The number of halogens is 2. The Labute approximate surface area is 122 Å². The van der Waals surface area contributed by atoms with E-state index in [0.29, 0.717) is 13.1 Å². The second-order valence-electron chi connectivity index (χ2n) is 5.37. The van der Waals surface area contributed by atoms with Crippen molar-refractivity contribution in [3.8, 4) is 5.75 Å². The van der Waals surface area contributed by atoms with Gasteiger partial charge in [-0.15, -0.1) is 0 Å². The third-order valence-electron chi connectivity index (χ3n) is 3.94. The third kappa shape index (κ3) is 3.00. The Balaban J connectivity index is 2.20. The fraction of sp³-hybridized carbons (Fsp3) is 0.533. The van der Waals surface area contributed by atoms with Gasteiger partial charge in [0.05, 0.1) is 12.7 Å². The molecule has 2 rings (SSSR count). The highest BCUT2D eigenvalue weighted by molar-refractivity contribution is 5.95. The van der Waals surface area contributed by atoms with Crippen LogP contribution >= 0.6 is 0 Å². The molecule has 6 heteroatoms. The van der Waals surface area contributed by atoms with Crippen molar-refractivity contribution < 1.29 is 18.3 Å². The lowest BCUT2D eigenvalue weighted by atomic mass is 9.99. The number of likely N-dealkylation sites (tertiary alicyclic amines) is 1. The van der Waals surface area contributed by atoms with Crippen molar-refractivity contribution in [2.75, 3.05) is 20.2 Å². The largest absolute Gasteiger partial charge is 0.494 e. The van der Waals surface area contributed by atoms with Crippen LogP contribution in [-0.4, -0.2) is 37.0 Å². The standard InChI is InChI=1S/C15H20F2N2O2/c1-3-4-9-7-19(8-11(9)18)15(20)10-5-6-12(21-2)14(17)13(10)16/h5-6,9,11H,3-4,7-8,18H2,1-2H3/t9-,11-/m1/s1. The van der Waals surface area contributed by atoms with Gasteiger partial charge in [0.25, 0.3) is 5.91 Å². The van der Waals surface area contributed by atoms with Gasteiger partial charge >= 0.3 is 0 Å². The minimum atomic E-state index is -1.17. The molecule has 1 saturated heterocycles. The van der Waals surface area contributed by atoms with Crippen LogP contribution in [0.25, 0.3) is 0 Å². The van der Waals surface area contributed by atoms with Gasteiger partial charge in [0.15, 0.2) is 11.6 Å². The molecule has 2 atom stereocenters. The van der Waals surface area contributed by atoms with Crippen LogP contribution in [0.4, 0.5) is 8.78 Å². The Morgan fingerprint density at radius 2 is 2.10 bits per heavy atom. The maximum atomic E-state index is 14.0. The van der Waals surface area contributed by atoms with Crippen LogP contribution < -0.4 is 10.5 Å². The van der Waals surface area contributed by atoms with Crippen molar-refractivity contribution in [3.63, 3.8) is 0 Å². The fourth-order valence-electron chi connectivity index (χ4n) is 2.76. The van der Waals surface area contributed by atoms with E-state index in [1.807, 2.05) is 0 Å². The molecule has 1 aromatic carbocycles. The van der Waals surface area contributed by atoms with E-state index in [1.54, 1.807) is 0 Å². The first-order chi connectivity index (χ1) is 9.99. The van der Waals surface area contributed by atoms with Gasteiger partial charge in [-0.2, -0.15) is 4.39 Å². The van der Waals surface area contributed by atoms with E-state index in [2.05, 4.69) is 6.92 Å². The van der Waals surface area contributed by atoms with E-state index in [9.17, 15) is 13.6 Å². The third-order valence-corrected chi connectivity index (χ3v) is 3.94. The van der Waals surface area contributed by atoms with Crippen LogP contribution in [0.1, 0.15) is 30.1 Å². The highest BCUT2D eigenvalue weighted by Crippen LogP contribution is 2.26. The van der Waals surface area contributed by atoms with Crippen LogP contribution in [0.2, 0.25) is 0 Å². The first-order valence-electron chi connectivity index (χ1n) is 7.06. The Morgan fingerprint density at radius 1 is 1.38 bits per heavy atom. The minimum Gasteiger partial charge on any atom is -0.494 e. The van der Waals surface area contributed by atoms with Crippen LogP contribution in [0.5, 0.6) is 5.75 Å². The van der Waals surface area contributed by atoms with Gasteiger partial charge in [0, 0.05) is 19.1 Å². The number of carbonyl (C=O) groups is 1. The molecule has 0 unspecified atom stereocenters.